The standard InChI is InChI=1S/C55H34N4/c1-56-42-33-34-48-50(35-42)55(40-19-4-2-5-20-40,41-21-6-3-7-22-41)49-28-14-25-45(51(48)49)38-29-31-39(32-30-38)52-57-53(46-26-12-17-36-15-8-10-23-43(36)46)59-54(58-52)47-27-13-18-37-16-9-11-24-44(37)47/h2-35H. The second-order valence-corrected chi connectivity index (χ2v) is 15.0. The van der Waals surface area contributed by atoms with E-state index in [4.69, 9.17) is 21.5 Å². The van der Waals surface area contributed by atoms with Gasteiger partial charge in [-0.05, 0) is 66.1 Å². The molecule has 0 unspecified atom stereocenters. The summed E-state index contributed by atoms with van der Waals surface area (Å²) in [5, 5.41) is 4.45. The number of nitrogens with zero attached hydrogens (tertiary/aromatic N) is 4. The van der Waals surface area contributed by atoms with Gasteiger partial charge in [-0.15, -0.1) is 0 Å². The lowest BCUT2D eigenvalue weighted by molar-refractivity contribution is 0.769. The highest BCUT2D eigenvalue weighted by Crippen LogP contribution is 2.59. The van der Waals surface area contributed by atoms with E-state index in [2.05, 4.69) is 205 Å². The maximum atomic E-state index is 7.98. The fraction of sp³-hybridized carbons (Fsp3) is 0.0182. The van der Waals surface area contributed by atoms with Crippen molar-refractivity contribution in [3.63, 3.8) is 0 Å². The van der Waals surface area contributed by atoms with Crippen LogP contribution >= 0.6 is 0 Å². The summed E-state index contributed by atoms with van der Waals surface area (Å²) in [4.78, 5) is 19.4. The molecule has 274 valence electrons. The third-order valence-corrected chi connectivity index (χ3v) is 11.8. The summed E-state index contributed by atoms with van der Waals surface area (Å²) in [5.74, 6) is 1.88. The largest absolute Gasteiger partial charge is 0.238 e. The van der Waals surface area contributed by atoms with Gasteiger partial charge in [0.15, 0.2) is 23.2 Å². The molecule has 1 aliphatic carbocycles. The van der Waals surface area contributed by atoms with Crippen LogP contribution in [0.5, 0.6) is 0 Å². The summed E-state index contributed by atoms with van der Waals surface area (Å²) < 4.78 is 0. The van der Waals surface area contributed by atoms with Crippen LogP contribution in [0.3, 0.4) is 0 Å². The zero-order valence-electron chi connectivity index (χ0n) is 31.9. The van der Waals surface area contributed by atoms with E-state index in [0.717, 1.165) is 60.5 Å². The van der Waals surface area contributed by atoms with E-state index in [9.17, 15) is 0 Å². The average molecular weight is 751 g/mol. The summed E-state index contributed by atoms with van der Waals surface area (Å²) in [7, 11) is 0. The topological polar surface area (TPSA) is 43.0 Å². The van der Waals surface area contributed by atoms with E-state index in [0.29, 0.717) is 23.2 Å². The Labute approximate surface area is 342 Å². The fourth-order valence-electron chi connectivity index (χ4n) is 9.22. The van der Waals surface area contributed by atoms with E-state index >= 15 is 0 Å². The van der Waals surface area contributed by atoms with Gasteiger partial charge in [-0.2, -0.15) is 0 Å². The molecule has 0 bridgehead atoms. The Morgan fingerprint density at radius 3 is 1.46 bits per heavy atom. The molecule has 4 nitrogen and oxygen atoms in total. The molecule has 0 atom stereocenters. The molecule has 0 N–H and O–H groups in total. The Balaban J connectivity index is 1.09. The second-order valence-electron chi connectivity index (χ2n) is 15.0. The lowest BCUT2D eigenvalue weighted by atomic mass is 9.67. The summed E-state index contributed by atoms with van der Waals surface area (Å²) in [6, 6.07) is 72.2. The quantitative estimate of drug-likeness (QED) is 0.159. The Morgan fingerprint density at radius 1 is 0.373 bits per heavy atom. The summed E-state index contributed by atoms with van der Waals surface area (Å²) in [6.45, 7) is 7.98. The highest BCUT2D eigenvalue weighted by Gasteiger charge is 2.46. The molecule has 0 fully saturated rings. The predicted octanol–water partition coefficient (Wildman–Crippen LogP) is 13.8. The van der Waals surface area contributed by atoms with E-state index in [-0.39, 0.29) is 0 Å². The SMILES string of the molecule is [C-]#[N+]c1ccc2c(c1)C(c1ccccc1)(c1ccccc1)c1cccc(-c3ccc(-c4nc(-c5cccc6ccccc56)nc(-c5cccc6ccccc56)n4)cc3)c1-2. The van der Waals surface area contributed by atoms with Gasteiger partial charge in [0.05, 0.1) is 12.0 Å². The molecule has 0 amide bonds. The van der Waals surface area contributed by atoms with Crippen molar-refractivity contribution in [3.8, 4) is 56.4 Å². The minimum absolute atomic E-state index is 0.606. The van der Waals surface area contributed by atoms with Crippen LogP contribution in [0.4, 0.5) is 5.69 Å². The van der Waals surface area contributed by atoms with Crippen molar-refractivity contribution in [1.82, 2.24) is 15.0 Å². The molecule has 10 aromatic rings. The van der Waals surface area contributed by atoms with Gasteiger partial charge in [0.1, 0.15) is 0 Å². The molecule has 0 saturated carbocycles. The van der Waals surface area contributed by atoms with Gasteiger partial charge in [-0.1, -0.05) is 206 Å². The van der Waals surface area contributed by atoms with Gasteiger partial charge in [-0.25, -0.2) is 19.8 Å². The van der Waals surface area contributed by atoms with Crippen LogP contribution in [-0.4, -0.2) is 15.0 Å². The molecule has 0 spiro atoms. The Hall–Kier alpha value is -8.00. The molecule has 1 aromatic heterocycles. The van der Waals surface area contributed by atoms with Crippen LogP contribution in [0.15, 0.2) is 206 Å². The van der Waals surface area contributed by atoms with Crippen LogP contribution in [0.1, 0.15) is 22.3 Å². The normalized spacial score (nSPS) is 12.5. The number of benzene rings is 9. The zero-order valence-corrected chi connectivity index (χ0v) is 31.9. The summed E-state index contributed by atoms with van der Waals surface area (Å²) in [5.41, 5.74) is 12.0. The van der Waals surface area contributed by atoms with Crippen molar-refractivity contribution >= 4 is 27.2 Å². The summed E-state index contributed by atoms with van der Waals surface area (Å²) >= 11 is 0. The van der Waals surface area contributed by atoms with Crippen molar-refractivity contribution in [3.05, 3.63) is 240 Å². The van der Waals surface area contributed by atoms with E-state index in [1.54, 1.807) is 0 Å². The number of hydrogen-bond donors (Lipinski definition) is 0. The number of fused-ring (bicyclic) bond motifs is 5. The average Bonchev–Trinajstić information content (AvgIpc) is 3.62. The Bertz CT molecular complexity index is 3130. The lowest BCUT2D eigenvalue weighted by Gasteiger charge is -2.34. The van der Waals surface area contributed by atoms with Crippen molar-refractivity contribution in [2.45, 2.75) is 5.41 Å². The number of hydrogen-bond acceptors (Lipinski definition) is 3. The first kappa shape index (κ1) is 34.3. The van der Waals surface area contributed by atoms with Crippen molar-refractivity contribution in [1.29, 1.82) is 0 Å². The molecule has 1 aliphatic rings. The third-order valence-electron chi connectivity index (χ3n) is 11.8. The van der Waals surface area contributed by atoms with Gasteiger partial charge < -0.3 is 0 Å². The molecule has 0 radical (unpaired) electrons. The molecule has 0 saturated heterocycles. The number of rotatable bonds is 6. The molecule has 0 aliphatic heterocycles. The maximum absolute atomic E-state index is 7.98. The molecule has 59 heavy (non-hydrogen) atoms. The molecular weight excluding hydrogens is 717 g/mol. The molecule has 11 rings (SSSR count). The smallest absolute Gasteiger partial charge is 0.187 e. The Morgan fingerprint density at radius 2 is 0.864 bits per heavy atom. The van der Waals surface area contributed by atoms with Crippen LogP contribution in [-0.2, 0) is 5.41 Å². The first-order valence-corrected chi connectivity index (χ1v) is 19.8. The monoisotopic (exact) mass is 750 g/mol. The van der Waals surface area contributed by atoms with Crippen molar-refractivity contribution in [2.24, 2.45) is 0 Å². The molecule has 4 heteroatoms. The molecule has 1 heterocycles. The second kappa shape index (κ2) is 13.9. The minimum Gasteiger partial charge on any atom is -0.238 e. The van der Waals surface area contributed by atoms with Crippen LogP contribution < -0.4 is 0 Å². The predicted molar refractivity (Wildman–Crippen MR) is 240 cm³/mol. The minimum atomic E-state index is -0.606. The first-order valence-electron chi connectivity index (χ1n) is 19.8. The number of aromatic nitrogens is 3. The van der Waals surface area contributed by atoms with Gasteiger partial charge in [0, 0.05) is 16.7 Å². The van der Waals surface area contributed by atoms with E-state index < -0.39 is 5.41 Å². The Kier molecular flexibility index (Phi) is 8.06. The maximum Gasteiger partial charge on any atom is 0.187 e. The lowest BCUT2D eigenvalue weighted by Crippen LogP contribution is -2.28. The highest BCUT2D eigenvalue weighted by atomic mass is 15.0. The van der Waals surface area contributed by atoms with Gasteiger partial charge >= 0.3 is 0 Å². The molecule has 9 aromatic carbocycles. The summed E-state index contributed by atoms with van der Waals surface area (Å²) in [6.07, 6.45) is 0. The first-order chi connectivity index (χ1) is 29.2. The van der Waals surface area contributed by atoms with Crippen molar-refractivity contribution < 1.29 is 0 Å². The molecular formula is C55H34N4. The van der Waals surface area contributed by atoms with Crippen LogP contribution in [0, 0.1) is 6.57 Å². The van der Waals surface area contributed by atoms with Crippen molar-refractivity contribution in [2.75, 3.05) is 0 Å². The highest BCUT2D eigenvalue weighted by molar-refractivity contribution is 5.99. The fourth-order valence-corrected chi connectivity index (χ4v) is 9.22. The van der Waals surface area contributed by atoms with Gasteiger partial charge in [0.2, 0.25) is 0 Å². The van der Waals surface area contributed by atoms with Crippen LogP contribution in [0.2, 0.25) is 0 Å². The van der Waals surface area contributed by atoms with Gasteiger partial charge in [-0.3, -0.25) is 0 Å². The van der Waals surface area contributed by atoms with E-state index in [1.807, 2.05) is 6.07 Å². The third kappa shape index (κ3) is 5.48. The zero-order chi connectivity index (χ0) is 39.3. The van der Waals surface area contributed by atoms with Crippen LogP contribution in [0.25, 0.3) is 82.8 Å². The van der Waals surface area contributed by atoms with E-state index in [1.165, 1.54) is 22.3 Å². The van der Waals surface area contributed by atoms with Gasteiger partial charge in [0.25, 0.3) is 0 Å².